The van der Waals surface area contributed by atoms with E-state index in [9.17, 15) is 9.90 Å². The molecular weight excluding hydrogens is 335 g/mol. The zero-order chi connectivity index (χ0) is 12.6. The van der Waals surface area contributed by atoms with Crippen LogP contribution in [0.1, 0.15) is 16.9 Å². The predicted octanol–water partition coefficient (Wildman–Crippen LogP) is 0.413. The number of nitrogens with zero attached hydrogens (tertiary/aromatic N) is 4. The van der Waals surface area contributed by atoms with E-state index in [1.807, 2.05) is 0 Å². The van der Waals surface area contributed by atoms with Gasteiger partial charge in [-0.3, -0.25) is 9.69 Å². The summed E-state index contributed by atoms with van der Waals surface area (Å²) in [6, 6.07) is 0. The van der Waals surface area contributed by atoms with Crippen molar-refractivity contribution >= 4 is 34.3 Å². The fourth-order valence-corrected chi connectivity index (χ4v) is 2.27. The summed E-state index contributed by atoms with van der Waals surface area (Å²) in [7, 11) is 3.52. The summed E-state index contributed by atoms with van der Waals surface area (Å²) in [5.74, 6) is 0.381. The van der Waals surface area contributed by atoms with Crippen LogP contribution in [0, 0.1) is 0 Å². The van der Waals surface area contributed by atoms with E-state index in [0.717, 1.165) is 10.8 Å². The standard InChI is InChI=1S/C10H15IN4O2/c1-13-6-12-8-7(13)9(16)15(5-3-4-11)10(17)14(8)2/h6,10,17H,3-5H2,1-2H3. The number of aliphatic hydroxyl groups is 1. The molecule has 0 radical (unpaired) electrons. The van der Waals surface area contributed by atoms with Gasteiger partial charge < -0.3 is 14.6 Å². The molecule has 0 saturated carbocycles. The quantitative estimate of drug-likeness (QED) is 0.634. The van der Waals surface area contributed by atoms with Gasteiger partial charge in [0.25, 0.3) is 5.91 Å². The van der Waals surface area contributed by atoms with Crippen molar-refractivity contribution in [2.24, 2.45) is 7.05 Å². The average molecular weight is 350 g/mol. The molecule has 7 heteroatoms. The molecule has 1 atom stereocenters. The highest BCUT2D eigenvalue weighted by Gasteiger charge is 2.37. The molecule has 1 aromatic rings. The Bertz CT molecular complexity index is 434. The number of imidazole rings is 1. The smallest absolute Gasteiger partial charge is 0.277 e. The molecule has 1 amide bonds. The SMILES string of the molecule is CN1c2ncn(C)c2C(=O)N(CCCI)C1O. The van der Waals surface area contributed by atoms with Crippen molar-refractivity contribution in [3.05, 3.63) is 12.0 Å². The van der Waals surface area contributed by atoms with Crippen LogP contribution in [0.3, 0.4) is 0 Å². The predicted molar refractivity (Wildman–Crippen MR) is 72.2 cm³/mol. The molecule has 2 heterocycles. The monoisotopic (exact) mass is 350 g/mol. The van der Waals surface area contributed by atoms with Crippen LogP contribution >= 0.6 is 22.6 Å². The number of hydrogen-bond donors (Lipinski definition) is 1. The van der Waals surface area contributed by atoms with Crippen LogP contribution in [0.15, 0.2) is 6.33 Å². The molecule has 17 heavy (non-hydrogen) atoms. The van der Waals surface area contributed by atoms with Crippen LogP contribution in [-0.2, 0) is 7.05 Å². The average Bonchev–Trinajstić information content (AvgIpc) is 2.69. The Morgan fingerprint density at radius 3 is 2.88 bits per heavy atom. The molecule has 0 aliphatic carbocycles. The minimum atomic E-state index is -0.923. The van der Waals surface area contributed by atoms with Crippen LogP contribution in [0.5, 0.6) is 0 Å². The van der Waals surface area contributed by atoms with Crippen LogP contribution in [0.4, 0.5) is 5.82 Å². The highest BCUT2D eigenvalue weighted by Crippen LogP contribution is 2.27. The number of amides is 1. The number of halogens is 1. The highest BCUT2D eigenvalue weighted by molar-refractivity contribution is 14.1. The van der Waals surface area contributed by atoms with Crippen LogP contribution in [0.25, 0.3) is 0 Å². The summed E-state index contributed by atoms with van der Waals surface area (Å²) in [6.07, 6.45) is 1.53. The number of anilines is 1. The number of rotatable bonds is 3. The largest absolute Gasteiger partial charge is 0.356 e. The minimum absolute atomic E-state index is 0.157. The third-order valence-electron chi connectivity index (χ3n) is 2.87. The summed E-state index contributed by atoms with van der Waals surface area (Å²) < 4.78 is 2.65. The Labute approximate surface area is 113 Å². The molecule has 2 rings (SSSR count). The second kappa shape index (κ2) is 4.81. The van der Waals surface area contributed by atoms with Gasteiger partial charge in [-0.2, -0.15) is 0 Å². The van der Waals surface area contributed by atoms with Crippen LogP contribution in [-0.4, -0.2) is 49.8 Å². The van der Waals surface area contributed by atoms with E-state index in [4.69, 9.17) is 0 Å². The molecule has 0 bridgehead atoms. The first-order valence-corrected chi connectivity index (χ1v) is 6.89. The topological polar surface area (TPSA) is 61.6 Å². The lowest BCUT2D eigenvalue weighted by atomic mass is 10.2. The second-order valence-electron chi connectivity index (χ2n) is 4.03. The summed E-state index contributed by atoms with van der Waals surface area (Å²) in [6.45, 7) is 0.553. The first-order valence-electron chi connectivity index (χ1n) is 5.37. The van der Waals surface area contributed by atoms with Crippen molar-refractivity contribution in [1.82, 2.24) is 14.5 Å². The highest BCUT2D eigenvalue weighted by atomic mass is 127. The summed E-state index contributed by atoms with van der Waals surface area (Å²) >= 11 is 2.26. The summed E-state index contributed by atoms with van der Waals surface area (Å²) in [5.41, 5.74) is 0.534. The van der Waals surface area contributed by atoms with E-state index in [2.05, 4.69) is 27.6 Å². The van der Waals surface area contributed by atoms with Gasteiger partial charge >= 0.3 is 0 Å². The minimum Gasteiger partial charge on any atom is -0.356 e. The number of aryl methyl sites for hydroxylation is 1. The Hall–Kier alpha value is -0.830. The molecule has 6 nitrogen and oxygen atoms in total. The fraction of sp³-hybridized carbons (Fsp3) is 0.600. The molecule has 94 valence electrons. The van der Waals surface area contributed by atoms with E-state index >= 15 is 0 Å². The molecule has 0 saturated heterocycles. The molecule has 1 N–H and O–H groups in total. The van der Waals surface area contributed by atoms with E-state index in [0.29, 0.717) is 18.1 Å². The Balaban J connectivity index is 2.35. The van der Waals surface area contributed by atoms with Gasteiger partial charge in [0.2, 0.25) is 6.35 Å². The molecule has 0 aromatic carbocycles. The Morgan fingerprint density at radius 1 is 1.53 bits per heavy atom. The first-order chi connectivity index (χ1) is 8.07. The number of carbonyl (C=O) groups excluding carboxylic acids is 1. The van der Waals surface area contributed by atoms with Crippen molar-refractivity contribution in [1.29, 1.82) is 0 Å². The molecule has 0 fully saturated rings. The molecule has 1 aromatic heterocycles. The zero-order valence-corrected chi connectivity index (χ0v) is 12.0. The fourth-order valence-electron chi connectivity index (χ4n) is 1.93. The summed E-state index contributed by atoms with van der Waals surface area (Å²) in [4.78, 5) is 19.5. The third-order valence-corrected chi connectivity index (χ3v) is 3.64. The zero-order valence-electron chi connectivity index (χ0n) is 9.80. The number of aromatic nitrogens is 2. The second-order valence-corrected chi connectivity index (χ2v) is 5.10. The van der Waals surface area contributed by atoms with Crippen LogP contribution < -0.4 is 4.90 Å². The van der Waals surface area contributed by atoms with Gasteiger partial charge in [-0.1, -0.05) is 22.6 Å². The first kappa shape index (κ1) is 12.6. The number of aliphatic hydroxyl groups excluding tert-OH is 1. The van der Waals surface area contributed by atoms with E-state index in [1.54, 1.807) is 29.9 Å². The van der Waals surface area contributed by atoms with Gasteiger partial charge in [0, 0.05) is 25.1 Å². The van der Waals surface area contributed by atoms with Gasteiger partial charge in [-0.05, 0) is 6.42 Å². The van der Waals surface area contributed by atoms with Crippen LogP contribution in [0.2, 0.25) is 0 Å². The van der Waals surface area contributed by atoms with Gasteiger partial charge in [-0.25, -0.2) is 4.98 Å². The number of fused-ring (bicyclic) bond motifs is 1. The van der Waals surface area contributed by atoms with Gasteiger partial charge in [0.15, 0.2) is 11.5 Å². The lowest BCUT2D eigenvalue weighted by Gasteiger charge is -2.38. The normalized spacial score (nSPS) is 19.8. The molecule has 0 spiro atoms. The Kier molecular flexibility index (Phi) is 3.57. The van der Waals surface area contributed by atoms with Gasteiger partial charge in [-0.15, -0.1) is 0 Å². The number of carbonyl (C=O) groups is 1. The van der Waals surface area contributed by atoms with Crippen molar-refractivity contribution in [2.75, 3.05) is 22.9 Å². The van der Waals surface area contributed by atoms with Crippen molar-refractivity contribution in [3.8, 4) is 0 Å². The lowest BCUT2D eigenvalue weighted by Crippen LogP contribution is -2.54. The molecular formula is C10H15IN4O2. The lowest BCUT2D eigenvalue weighted by molar-refractivity contribution is 0.00344. The molecule has 1 aliphatic rings. The molecule has 1 unspecified atom stereocenters. The van der Waals surface area contributed by atoms with Gasteiger partial charge in [0.05, 0.1) is 6.33 Å². The summed E-state index contributed by atoms with van der Waals surface area (Å²) in [5, 5.41) is 10.1. The van der Waals surface area contributed by atoms with E-state index in [1.165, 1.54) is 4.90 Å². The number of hydrogen-bond acceptors (Lipinski definition) is 4. The van der Waals surface area contributed by atoms with Crippen molar-refractivity contribution in [3.63, 3.8) is 0 Å². The van der Waals surface area contributed by atoms with E-state index < -0.39 is 6.35 Å². The van der Waals surface area contributed by atoms with Crippen molar-refractivity contribution in [2.45, 2.75) is 12.8 Å². The number of alkyl halides is 1. The van der Waals surface area contributed by atoms with Crippen molar-refractivity contribution < 1.29 is 9.90 Å². The third kappa shape index (κ3) is 2.01. The van der Waals surface area contributed by atoms with Gasteiger partial charge in [0.1, 0.15) is 0 Å². The maximum absolute atomic E-state index is 12.2. The maximum atomic E-state index is 12.2. The maximum Gasteiger partial charge on any atom is 0.277 e. The Morgan fingerprint density at radius 2 is 2.24 bits per heavy atom. The molecule has 1 aliphatic heterocycles. The van der Waals surface area contributed by atoms with E-state index in [-0.39, 0.29) is 5.91 Å².